The van der Waals surface area contributed by atoms with Crippen LogP contribution in [0.25, 0.3) is 0 Å². The molecule has 0 atom stereocenters. The molecule has 3 rings (SSSR count). The predicted octanol–water partition coefficient (Wildman–Crippen LogP) is 2.17. The maximum absolute atomic E-state index is 11.0. The molecule has 0 aliphatic carbocycles. The second-order valence-electron chi connectivity index (χ2n) is 4.96. The lowest BCUT2D eigenvalue weighted by molar-refractivity contribution is 0.103. The molecule has 118 valence electrons. The van der Waals surface area contributed by atoms with Crippen molar-refractivity contribution in [1.82, 2.24) is 4.98 Å². The number of hydrogen-bond acceptors (Lipinski definition) is 7. The SMILES string of the molecule is O=S1(=O)OCC(Cc2ccc(OCc3cscn3)cc2)CO1. The average molecular weight is 341 g/mol. The monoisotopic (exact) mass is 341 g/mol. The molecule has 1 fully saturated rings. The Morgan fingerprint density at radius 1 is 1.23 bits per heavy atom. The van der Waals surface area contributed by atoms with Crippen LogP contribution >= 0.6 is 11.3 Å². The third-order valence-corrected chi connectivity index (χ3v) is 4.70. The molecule has 22 heavy (non-hydrogen) atoms. The van der Waals surface area contributed by atoms with Crippen LogP contribution in [0.2, 0.25) is 0 Å². The van der Waals surface area contributed by atoms with E-state index in [4.69, 9.17) is 4.74 Å². The van der Waals surface area contributed by atoms with Crippen molar-refractivity contribution in [3.63, 3.8) is 0 Å². The fourth-order valence-corrected chi connectivity index (χ4v) is 3.41. The van der Waals surface area contributed by atoms with Gasteiger partial charge in [0.2, 0.25) is 0 Å². The van der Waals surface area contributed by atoms with E-state index in [9.17, 15) is 8.42 Å². The van der Waals surface area contributed by atoms with Crippen molar-refractivity contribution in [3.05, 3.63) is 46.4 Å². The van der Waals surface area contributed by atoms with Crippen LogP contribution in [0.4, 0.5) is 0 Å². The van der Waals surface area contributed by atoms with Crippen molar-refractivity contribution in [2.75, 3.05) is 13.2 Å². The van der Waals surface area contributed by atoms with E-state index >= 15 is 0 Å². The molecule has 1 aliphatic rings. The zero-order valence-electron chi connectivity index (χ0n) is 11.7. The van der Waals surface area contributed by atoms with Gasteiger partial charge < -0.3 is 4.74 Å². The molecule has 1 aliphatic heterocycles. The smallest absolute Gasteiger partial charge is 0.399 e. The van der Waals surface area contributed by atoms with Crippen LogP contribution in [0, 0.1) is 5.92 Å². The Kier molecular flexibility index (Phi) is 4.72. The van der Waals surface area contributed by atoms with Crippen molar-refractivity contribution in [1.29, 1.82) is 0 Å². The summed E-state index contributed by atoms with van der Waals surface area (Å²) in [5.41, 5.74) is 3.76. The molecule has 1 saturated heterocycles. The number of hydrogen-bond donors (Lipinski definition) is 0. The van der Waals surface area contributed by atoms with E-state index in [0.717, 1.165) is 17.0 Å². The summed E-state index contributed by atoms with van der Waals surface area (Å²) >= 11 is 1.54. The van der Waals surface area contributed by atoms with Crippen LogP contribution in [-0.4, -0.2) is 26.6 Å². The van der Waals surface area contributed by atoms with E-state index in [1.807, 2.05) is 29.6 Å². The standard InChI is InChI=1S/C14H15NO5S2/c16-22(17)19-6-12(7-20-22)5-11-1-3-14(4-2-11)18-8-13-9-21-10-15-13/h1-4,9-10,12H,5-8H2. The van der Waals surface area contributed by atoms with Crippen molar-refractivity contribution in [3.8, 4) is 5.75 Å². The van der Waals surface area contributed by atoms with Gasteiger partial charge in [-0.25, -0.2) is 13.4 Å². The van der Waals surface area contributed by atoms with Gasteiger partial charge in [0.05, 0.1) is 24.4 Å². The minimum Gasteiger partial charge on any atom is -0.487 e. The second-order valence-corrected chi connectivity index (χ2v) is 6.97. The molecule has 1 aromatic heterocycles. The quantitative estimate of drug-likeness (QED) is 0.830. The minimum absolute atomic E-state index is 0.0327. The van der Waals surface area contributed by atoms with Crippen LogP contribution in [0.5, 0.6) is 5.75 Å². The molecule has 0 unspecified atom stereocenters. The molecule has 2 aromatic rings. The Morgan fingerprint density at radius 2 is 1.95 bits per heavy atom. The van der Waals surface area contributed by atoms with E-state index in [1.165, 1.54) is 11.3 Å². The van der Waals surface area contributed by atoms with E-state index in [2.05, 4.69) is 13.4 Å². The molecule has 0 radical (unpaired) electrons. The fourth-order valence-electron chi connectivity index (χ4n) is 2.08. The summed E-state index contributed by atoms with van der Waals surface area (Å²) < 4.78 is 37.0. The summed E-state index contributed by atoms with van der Waals surface area (Å²) in [6.07, 6.45) is 0.696. The van der Waals surface area contributed by atoms with Crippen LogP contribution in [0.15, 0.2) is 35.2 Å². The highest BCUT2D eigenvalue weighted by Crippen LogP contribution is 2.20. The van der Waals surface area contributed by atoms with E-state index < -0.39 is 10.4 Å². The molecular weight excluding hydrogens is 326 g/mol. The minimum atomic E-state index is -3.77. The van der Waals surface area contributed by atoms with Gasteiger partial charge in [-0.05, 0) is 24.1 Å². The molecule has 0 amide bonds. The first-order valence-corrected chi connectivity index (χ1v) is 9.01. The Balaban J connectivity index is 1.51. The lowest BCUT2D eigenvalue weighted by Gasteiger charge is -2.21. The van der Waals surface area contributed by atoms with E-state index in [-0.39, 0.29) is 19.1 Å². The fraction of sp³-hybridized carbons (Fsp3) is 0.357. The zero-order chi connectivity index (χ0) is 15.4. The lowest BCUT2D eigenvalue weighted by atomic mass is 10.0. The van der Waals surface area contributed by atoms with Gasteiger partial charge in [0, 0.05) is 11.3 Å². The van der Waals surface area contributed by atoms with E-state index in [1.54, 1.807) is 5.51 Å². The molecule has 0 N–H and O–H groups in total. The molecule has 0 spiro atoms. The summed E-state index contributed by atoms with van der Waals surface area (Å²) in [4.78, 5) is 4.15. The summed E-state index contributed by atoms with van der Waals surface area (Å²) in [6.45, 7) is 0.764. The number of thiazole rings is 1. The maximum Gasteiger partial charge on any atom is 0.399 e. The van der Waals surface area contributed by atoms with Crippen LogP contribution in [-0.2, 0) is 31.8 Å². The highest BCUT2D eigenvalue weighted by Gasteiger charge is 2.25. The highest BCUT2D eigenvalue weighted by atomic mass is 32.3. The third kappa shape index (κ3) is 4.26. The van der Waals surface area contributed by atoms with Crippen molar-refractivity contribution in [2.45, 2.75) is 13.0 Å². The first-order valence-electron chi connectivity index (χ1n) is 6.73. The molecular formula is C14H15NO5S2. The number of aromatic nitrogens is 1. The number of nitrogens with zero attached hydrogens (tertiary/aromatic N) is 1. The summed E-state index contributed by atoms with van der Waals surface area (Å²) in [6, 6.07) is 7.70. The third-order valence-electron chi connectivity index (χ3n) is 3.21. The summed E-state index contributed by atoms with van der Waals surface area (Å²) in [5, 5.41) is 1.95. The van der Waals surface area contributed by atoms with Gasteiger partial charge in [-0.1, -0.05) is 12.1 Å². The molecule has 8 heteroatoms. The highest BCUT2D eigenvalue weighted by molar-refractivity contribution is 7.81. The Hall–Kier alpha value is -1.48. The average Bonchev–Trinajstić information content (AvgIpc) is 3.02. The first kappa shape index (κ1) is 15.4. The molecule has 0 bridgehead atoms. The molecule has 0 saturated carbocycles. The van der Waals surface area contributed by atoms with Gasteiger partial charge in [0.1, 0.15) is 12.4 Å². The first-order chi connectivity index (χ1) is 10.6. The number of rotatable bonds is 5. The van der Waals surface area contributed by atoms with Crippen LogP contribution in [0.1, 0.15) is 11.3 Å². The normalized spacial score (nSPS) is 18.2. The van der Waals surface area contributed by atoms with Gasteiger partial charge in [0.25, 0.3) is 0 Å². The van der Waals surface area contributed by atoms with Crippen LogP contribution < -0.4 is 4.74 Å². The Labute approximate surface area is 133 Å². The lowest BCUT2D eigenvalue weighted by Crippen LogP contribution is -2.29. The Bertz CT molecular complexity index is 683. The molecule has 1 aromatic carbocycles. The number of benzene rings is 1. The van der Waals surface area contributed by atoms with Gasteiger partial charge in [-0.3, -0.25) is 0 Å². The van der Waals surface area contributed by atoms with Gasteiger partial charge >= 0.3 is 10.4 Å². The van der Waals surface area contributed by atoms with E-state index in [0.29, 0.717) is 13.0 Å². The maximum atomic E-state index is 11.0. The summed E-state index contributed by atoms with van der Waals surface area (Å²) in [7, 11) is -3.77. The predicted molar refractivity (Wildman–Crippen MR) is 80.9 cm³/mol. The van der Waals surface area contributed by atoms with Gasteiger partial charge in [0.15, 0.2) is 0 Å². The molecule has 6 nitrogen and oxygen atoms in total. The van der Waals surface area contributed by atoms with Gasteiger partial charge in [-0.15, -0.1) is 11.3 Å². The second kappa shape index (κ2) is 6.74. The zero-order valence-corrected chi connectivity index (χ0v) is 13.3. The summed E-state index contributed by atoms with van der Waals surface area (Å²) in [5.74, 6) is 0.806. The van der Waals surface area contributed by atoms with Crippen molar-refractivity contribution >= 4 is 21.7 Å². The largest absolute Gasteiger partial charge is 0.487 e. The van der Waals surface area contributed by atoms with Gasteiger partial charge in [-0.2, -0.15) is 8.42 Å². The number of ether oxygens (including phenoxy) is 1. The van der Waals surface area contributed by atoms with Crippen molar-refractivity contribution < 1.29 is 21.5 Å². The Morgan fingerprint density at radius 3 is 2.59 bits per heavy atom. The topological polar surface area (TPSA) is 74.7 Å². The molecule has 2 heterocycles. The van der Waals surface area contributed by atoms with Crippen LogP contribution in [0.3, 0.4) is 0 Å². The van der Waals surface area contributed by atoms with Crippen molar-refractivity contribution in [2.24, 2.45) is 5.92 Å².